The molecule has 0 radical (unpaired) electrons. The molecule has 1 unspecified atom stereocenters. The highest BCUT2D eigenvalue weighted by Gasteiger charge is 2.23. The van der Waals surface area contributed by atoms with Gasteiger partial charge in [0.25, 0.3) is 0 Å². The molecular formula is C13H21N3O. The summed E-state index contributed by atoms with van der Waals surface area (Å²) < 4.78 is 0. The van der Waals surface area contributed by atoms with Gasteiger partial charge in [0.15, 0.2) is 5.78 Å². The Morgan fingerprint density at radius 1 is 1.53 bits per heavy atom. The van der Waals surface area contributed by atoms with E-state index in [1.54, 1.807) is 6.20 Å². The van der Waals surface area contributed by atoms with Gasteiger partial charge in [0.2, 0.25) is 0 Å². The normalized spacial score (nSPS) is 22.8. The molecule has 0 spiro atoms. The van der Waals surface area contributed by atoms with Crippen LogP contribution in [0, 0.1) is 0 Å². The Labute approximate surface area is 103 Å². The number of hydrogen-bond acceptors (Lipinski definition) is 3. The molecule has 1 fully saturated rings. The molecule has 1 aliphatic rings. The zero-order chi connectivity index (χ0) is 12.3. The third-order valence-electron chi connectivity index (χ3n) is 3.52. The number of aromatic nitrogens is 1. The van der Waals surface area contributed by atoms with E-state index in [0.29, 0.717) is 12.6 Å². The van der Waals surface area contributed by atoms with Crippen molar-refractivity contribution in [3.63, 3.8) is 0 Å². The summed E-state index contributed by atoms with van der Waals surface area (Å²) in [6.07, 6.45) is 1.80. The van der Waals surface area contributed by atoms with E-state index in [9.17, 15) is 4.79 Å². The molecule has 2 heterocycles. The lowest BCUT2D eigenvalue weighted by atomic mass is 10.1. The van der Waals surface area contributed by atoms with Gasteiger partial charge in [-0.3, -0.25) is 14.6 Å². The Kier molecular flexibility index (Phi) is 3.97. The van der Waals surface area contributed by atoms with E-state index >= 15 is 0 Å². The van der Waals surface area contributed by atoms with Crippen LogP contribution in [0.1, 0.15) is 24.3 Å². The number of hydrogen-bond donors (Lipinski definition) is 1. The zero-order valence-electron chi connectivity index (χ0n) is 10.6. The third kappa shape index (κ3) is 2.96. The number of ketones is 1. The lowest BCUT2D eigenvalue weighted by Gasteiger charge is -2.38. The lowest BCUT2D eigenvalue weighted by Crippen LogP contribution is -2.52. The SMILES string of the molecule is CCN1CCN(CC(=O)c2ccc[nH]2)CC1C. The fourth-order valence-electron chi connectivity index (χ4n) is 2.48. The second-order valence-corrected chi connectivity index (χ2v) is 4.72. The summed E-state index contributed by atoms with van der Waals surface area (Å²) in [6, 6.07) is 4.25. The van der Waals surface area contributed by atoms with E-state index < -0.39 is 0 Å². The van der Waals surface area contributed by atoms with Gasteiger partial charge in [-0.25, -0.2) is 0 Å². The molecule has 2 rings (SSSR count). The number of nitrogens with zero attached hydrogens (tertiary/aromatic N) is 2. The molecule has 1 atom stereocenters. The van der Waals surface area contributed by atoms with Crippen LogP contribution in [0.3, 0.4) is 0 Å². The average molecular weight is 235 g/mol. The van der Waals surface area contributed by atoms with Crippen LogP contribution < -0.4 is 0 Å². The molecule has 4 heteroatoms. The smallest absolute Gasteiger partial charge is 0.192 e. The van der Waals surface area contributed by atoms with Crippen LogP contribution in [0.2, 0.25) is 0 Å². The van der Waals surface area contributed by atoms with E-state index in [-0.39, 0.29) is 5.78 Å². The maximum absolute atomic E-state index is 11.9. The number of H-pyrrole nitrogens is 1. The van der Waals surface area contributed by atoms with Crippen LogP contribution in [-0.4, -0.2) is 59.3 Å². The lowest BCUT2D eigenvalue weighted by molar-refractivity contribution is 0.0720. The van der Waals surface area contributed by atoms with Gasteiger partial charge < -0.3 is 4.98 Å². The van der Waals surface area contributed by atoms with Crippen LogP contribution >= 0.6 is 0 Å². The minimum absolute atomic E-state index is 0.187. The number of likely N-dealkylation sites (N-methyl/N-ethyl adjacent to an activating group) is 1. The Hall–Kier alpha value is -1.13. The highest BCUT2D eigenvalue weighted by atomic mass is 16.1. The molecule has 0 bridgehead atoms. The number of nitrogens with one attached hydrogen (secondary N) is 1. The van der Waals surface area contributed by atoms with Crippen molar-refractivity contribution in [3.05, 3.63) is 24.0 Å². The number of carbonyl (C=O) groups is 1. The number of aromatic amines is 1. The van der Waals surface area contributed by atoms with E-state index in [2.05, 4.69) is 28.6 Å². The summed E-state index contributed by atoms with van der Waals surface area (Å²) in [5, 5.41) is 0. The average Bonchev–Trinajstić information content (AvgIpc) is 2.82. The Balaban J connectivity index is 1.87. The summed E-state index contributed by atoms with van der Waals surface area (Å²) in [5.41, 5.74) is 0.718. The number of rotatable bonds is 4. The van der Waals surface area contributed by atoms with Crippen LogP contribution in [0.15, 0.2) is 18.3 Å². The van der Waals surface area contributed by atoms with E-state index in [1.165, 1.54) is 0 Å². The zero-order valence-corrected chi connectivity index (χ0v) is 10.6. The fraction of sp³-hybridized carbons (Fsp3) is 0.615. The second kappa shape index (κ2) is 5.47. The van der Waals surface area contributed by atoms with Crippen LogP contribution in [-0.2, 0) is 0 Å². The highest BCUT2D eigenvalue weighted by Crippen LogP contribution is 2.09. The number of piperazine rings is 1. The first-order valence-corrected chi connectivity index (χ1v) is 6.33. The molecule has 0 amide bonds. The highest BCUT2D eigenvalue weighted by molar-refractivity contribution is 5.95. The molecule has 0 aromatic carbocycles. The van der Waals surface area contributed by atoms with Crippen molar-refractivity contribution in [2.75, 3.05) is 32.7 Å². The summed E-state index contributed by atoms with van der Waals surface area (Å²) in [5.74, 6) is 0.187. The van der Waals surface area contributed by atoms with Crippen LogP contribution in [0.5, 0.6) is 0 Å². The van der Waals surface area contributed by atoms with Crippen LogP contribution in [0.25, 0.3) is 0 Å². The predicted octanol–water partition coefficient (Wildman–Crippen LogP) is 1.22. The van der Waals surface area contributed by atoms with Crippen molar-refractivity contribution in [2.45, 2.75) is 19.9 Å². The van der Waals surface area contributed by atoms with Gasteiger partial charge in [-0.1, -0.05) is 6.92 Å². The Bertz CT molecular complexity index is 361. The first-order valence-electron chi connectivity index (χ1n) is 6.33. The first kappa shape index (κ1) is 12.3. The largest absolute Gasteiger partial charge is 0.359 e. The van der Waals surface area contributed by atoms with E-state index in [0.717, 1.165) is 31.9 Å². The molecule has 1 N–H and O–H groups in total. The molecule has 4 nitrogen and oxygen atoms in total. The first-order chi connectivity index (χ1) is 8.20. The maximum Gasteiger partial charge on any atom is 0.192 e. The monoisotopic (exact) mass is 235 g/mol. The van der Waals surface area contributed by atoms with E-state index in [4.69, 9.17) is 0 Å². The molecule has 0 saturated carbocycles. The van der Waals surface area contributed by atoms with Gasteiger partial charge >= 0.3 is 0 Å². The summed E-state index contributed by atoms with van der Waals surface area (Å²) in [4.78, 5) is 19.6. The molecule has 94 valence electrons. The number of carbonyl (C=O) groups excluding carboxylic acids is 1. The number of Topliss-reactive ketones (excluding diaryl/α,β-unsaturated/α-hetero) is 1. The molecule has 17 heavy (non-hydrogen) atoms. The van der Waals surface area contributed by atoms with Gasteiger partial charge in [0, 0.05) is 31.9 Å². The van der Waals surface area contributed by atoms with E-state index in [1.807, 2.05) is 12.1 Å². The Morgan fingerprint density at radius 3 is 2.94 bits per heavy atom. The van der Waals surface area contributed by atoms with Crippen molar-refractivity contribution in [3.8, 4) is 0 Å². The summed E-state index contributed by atoms with van der Waals surface area (Å²) in [6.45, 7) is 9.09. The minimum atomic E-state index is 0.187. The van der Waals surface area contributed by atoms with Crippen molar-refractivity contribution in [2.24, 2.45) is 0 Å². The fourth-order valence-corrected chi connectivity index (χ4v) is 2.48. The molecule has 1 aromatic heterocycles. The molecule has 1 saturated heterocycles. The molecule has 0 aliphatic carbocycles. The molecule has 1 aromatic rings. The summed E-state index contributed by atoms with van der Waals surface area (Å²) in [7, 11) is 0. The van der Waals surface area contributed by atoms with Crippen molar-refractivity contribution >= 4 is 5.78 Å². The van der Waals surface area contributed by atoms with Gasteiger partial charge in [0.05, 0.1) is 12.2 Å². The Morgan fingerprint density at radius 2 is 2.35 bits per heavy atom. The van der Waals surface area contributed by atoms with Crippen molar-refractivity contribution in [1.29, 1.82) is 0 Å². The van der Waals surface area contributed by atoms with Gasteiger partial charge in [-0.05, 0) is 25.6 Å². The van der Waals surface area contributed by atoms with Crippen molar-refractivity contribution in [1.82, 2.24) is 14.8 Å². The van der Waals surface area contributed by atoms with Crippen LogP contribution in [0.4, 0.5) is 0 Å². The predicted molar refractivity (Wildman–Crippen MR) is 68.3 cm³/mol. The molecular weight excluding hydrogens is 214 g/mol. The summed E-state index contributed by atoms with van der Waals surface area (Å²) >= 11 is 0. The standard InChI is InChI=1S/C13H21N3O/c1-3-16-8-7-15(9-11(16)2)10-13(17)12-5-4-6-14-12/h4-6,11,14H,3,7-10H2,1-2H3. The van der Waals surface area contributed by atoms with Gasteiger partial charge in [-0.15, -0.1) is 0 Å². The quantitative estimate of drug-likeness (QED) is 0.798. The minimum Gasteiger partial charge on any atom is -0.359 e. The van der Waals surface area contributed by atoms with Gasteiger partial charge in [0.1, 0.15) is 0 Å². The third-order valence-corrected chi connectivity index (χ3v) is 3.52. The van der Waals surface area contributed by atoms with Crippen molar-refractivity contribution < 1.29 is 4.79 Å². The maximum atomic E-state index is 11.9. The molecule has 1 aliphatic heterocycles. The topological polar surface area (TPSA) is 39.3 Å². The van der Waals surface area contributed by atoms with Gasteiger partial charge in [-0.2, -0.15) is 0 Å². The second-order valence-electron chi connectivity index (χ2n) is 4.72.